The first-order valence-corrected chi connectivity index (χ1v) is 9.57. The van der Waals surface area contributed by atoms with Gasteiger partial charge in [-0.1, -0.05) is 41.4 Å². The predicted octanol–water partition coefficient (Wildman–Crippen LogP) is 4.38. The summed E-state index contributed by atoms with van der Waals surface area (Å²) in [4.78, 5) is 16.5. The minimum absolute atomic E-state index is 0.000511. The van der Waals surface area contributed by atoms with Crippen LogP contribution in [0.4, 0.5) is 10.5 Å². The van der Waals surface area contributed by atoms with E-state index in [4.69, 9.17) is 23.2 Å². The highest BCUT2D eigenvalue weighted by atomic mass is 35.5. The van der Waals surface area contributed by atoms with Gasteiger partial charge in [0.1, 0.15) is 0 Å². The zero-order valence-corrected chi connectivity index (χ0v) is 16.4. The topological polar surface area (TPSA) is 35.6 Å². The highest BCUT2D eigenvalue weighted by molar-refractivity contribution is 6.31. The molecule has 6 heteroatoms. The van der Waals surface area contributed by atoms with Gasteiger partial charge in [0.15, 0.2) is 0 Å². The second-order valence-electron chi connectivity index (χ2n) is 6.52. The lowest BCUT2D eigenvalue weighted by Gasteiger charge is -2.36. The number of amides is 2. The molecule has 2 amide bonds. The van der Waals surface area contributed by atoms with E-state index in [2.05, 4.69) is 16.3 Å². The van der Waals surface area contributed by atoms with Gasteiger partial charge in [0, 0.05) is 48.5 Å². The van der Waals surface area contributed by atoms with Gasteiger partial charge in [-0.25, -0.2) is 4.79 Å². The van der Waals surface area contributed by atoms with Gasteiger partial charge in [-0.2, -0.15) is 0 Å². The van der Waals surface area contributed by atoms with Crippen molar-refractivity contribution in [1.82, 2.24) is 10.2 Å². The van der Waals surface area contributed by atoms with Crippen LogP contribution in [0.15, 0.2) is 42.5 Å². The summed E-state index contributed by atoms with van der Waals surface area (Å²) in [5.74, 6) is 0. The average molecular weight is 392 g/mol. The van der Waals surface area contributed by atoms with E-state index >= 15 is 0 Å². The fourth-order valence-electron chi connectivity index (χ4n) is 3.02. The van der Waals surface area contributed by atoms with Crippen molar-refractivity contribution >= 4 is 34.9 Å². The molecule has 1 N–H and O–H groups in total. The number of anilines is 1. The number of carbonyl (C=O) groups excluding carboxylic acids is 1. The van der Waals surface area contributed by atoms with Gasteiger partial charge in [-0.05, 0) is 48.7 Å². The number of urea groups is 1. The van der Waals surface area contributed by atoms with E-state index in [0.717, 1.165) is 46.4 Å². The second kappa shape index (κ2) is 8.65. The Balaban J connectivity index is 1.44. The standard InChI is InChI=1S/C20H23Cl2N3O/c1-15-2-7-18(14-19(15)22)24-10-12-25(13-11-24)20(26)23-9-8-16-3-5-17(21)6-4-16/h2-7,14H,8-13H2,1H3,(H,23,26). The van der Waals surface area contributed by atoms with E-state index in [1.807, 2.05) is 48.2 Å². The summed E-state index contributed by atoms with van der Waals surface area (Å²) in [7, 11) is 0. The Kier molecular flexibility index (Phi) is 6.28. The third kappa shape index (κ3) is 4.83. The van der Waals surface area contributed by atoms with Crippen LogP contribution in [0.3, 0.4) is 0 Å². The van der Waals surface area contributed by atoms with E-state index in [1.165, 1.54) is 0 Å². The number of benzene rings is 2. The summed E-state index contributed by atoms with van der Waals surface area (Å²) in [6.07, 6.45) is 0.796. The van der Waals surface area contributed by atoms with Crippen molar-refractivity contribution in [2.45, 2.75) is 13.3 Å². The molecule has 0 radical (unpaired) electrons. The van der Waals surface area contributed by atoms with E-state index in [0.29, 0.717) is 19.6 Å². The van der Waals surface area contributed by atoms with Crippen LogP contribution in [0.25, 0.3) is 0 Å². The maximum atomic E-state index is 12.3. The third-order valence-electron chi connectivity index (χ3n) is 4.69. The van der Waals surface area contributed by atoms with Gasteiger partial charge in [0.05, 0.1) is 0 Å². The summed E-state index contributed by atoms with van der Waals surface area (Å²) in [6, 6.07) is 13.8. The Morgan fingerprint density at radius 2 is 1.73 bits per heavy atom. The lowest BCUT2D eigenvalue weighted by atomic mass is 10.1. The van der Waals surface area contributed by atoms with E-state index in [-0.39, 0.29) is 6.03 Å². The number of hydrogen-bond acceptors (Lipinski definition) is 2. The van der Waals surface area contributed by atoms with Crippen LogP contribution in [0.2, 0.25) is 10.0 Å². The molecule has 0 saturated carbocycles. The van der Waals surface area contributed by atoms with Gasteiger partial charge in [-0.3, -0.25) is 0 Å². The molecular formula is C20H23Cl2N3O. The van der Waals surface area contributed by atoms with E-state index < -0.39 is 0 Å². The Bertz CT molecular complexity index is 756. The molecule has 1 aliphatic heterocycles. The Morgan fingerprint density at radius 3 is 2.38 bits per heavy atom. The number of piperazine rings is 1. The largest absolute Gasteiger partial charge is 0.368 e. The van der Waals surface area contributed by atoms with Gasteiger partial charge >= 0.3 is 6.03 Å². The first kappa shape index (κ1) is 18.9. The Labute approximate surface area is 164 Å². The van der Waals surface area contributed by atoms with Crippen molar-refractivity contribution in [1.29, 1.82) is 0 Å². The van der Waals surface area contributed by atoms with Gasteiger partial charge in [-0.15, -0.1) is 0 Å². The minimum Gasteiger partial charge on any atom is -0.368 e. The molecule has 1 fully saturated rings. The Morgan fingerprint density at radius 1 is 1.04 bits per heavy atom. The van der Waals surface area contributed by atoms with Crippen molar-refractivity contribution in [3.05, 3.63) is 63.6 Å². The zero-order valence-electron chi connectivity index (χ0n) is 14.8. The molecule has 1 heterocycles. The molecule has 1 saturated heterocycles. The molecule has 0 unspecified atom stereocenters. The van der Waals surface area contributed by atoms with E-state index in [9.17, 15) is 4.79 Å². The first-order chi connectivity index (χ1) is 12.5. The normalized spacial score (nSPS) is 14.4. The first-order valence-electron chi connectivity index (χ1n) is 8.81. The summed E-state index contributed by atoms with van der Waals surface area (Å²) < 4.78 is 0. The molecule has 26 heavy (non-hydrogen) atoms. The van der Waals surface area contributed by atoms with E-state index in [1.54, 1.807) is 0 Å². The van der Waals surface area contributed by atoms with Gasteiger partial charge in [0.25, 0.3) is 0 Å². The molecule has 0 aromatic heterocycles. The van der Waals surface area contributed by atoms with Crippen LogP contribution in [0.1, 0.15) is 11.1 Å². The van der Waals surface area contributed by atoms with Crippen LogP contribution >= 0.6 is 23.2 Å². The van der Waals surface area contributed by atoms with Crippen molar-refractivity contribution in [3.8, 4) is 0 Å². The fourth-order valence-corrected chi connectivity index (χ4v) is 3.32. The zero-order chi connectivity index (χ0) is 18.5. The van der Waals surface area contributed by atoms with Gasteiger partial charge < -0.3 is 15.1 Å². The summed E-state index contributed by atoms with van der Waals surface area (Å²) in [5.41, 5.74) is 3.35. The van der Waals surface area contributed by atoms with Crippen LogP contribution in [-0.2, 0) is 6.42 Å². The summed E-state index contributed by atoms with van der Waals surface area (Å²) in [6.45, 7) is 5.65. The van der Waals surface area contributed by atoms with Crippen LogP contribution in [0.5, 0.6) is 0 Å². The minimum atomic E-state index is 0.000511. The number of nitrogens with one attached hydrogen (secondary N) is 1. The number of hydrogen-bond donors (Lipinski definition) is 1. The SMILES string of the molecule is Cc1ccc(N2CCN(C(=O)NCCc3ccc(Cl)cc3)CC2)cc1Cl. The summed E-state index contributed by atoms with van der Waals surface area (Å²) in [5, 5.41) is 4.51. The lowest BCUT2D eigenvalue weighted by molar-refractivity contribution is 0.194. The third-order valence-corrected chi connectivity index (χ3v) is 5.35. The van der Waals surface area contributed by atoms with Crippen molar-refractivity contribution < 1.29 is 4.79 Å². The molecule has 3 rings (SSSR count). The van der Waals surface area contributed by atoms with Gasteiger partial charge in [0.2, 0.25) is 0 Å². The van der Waals surface area contributed by atoms with Crippen molar-refractivity contribution in [3.63, 3.8) is 0 Å². The average Bonchev–Trinajstić information content (AvgIpc) is 2.65. The predicted molar refractivity (Wildman–Crippen MR) is 109 cm³/mol. The highest BCUT2D eigenvalue weighted by Gasteiger charge is 2.21. The molecule has 0 aliphatic carbocycles. The molecule has 138 valence electrons. The number of aryl methyl sites for hydroxylation is 1. The number of halogens is 2. The van der Waals surface area contributed by atoms with Crippen molar-refractivity contribution in [2.75, 3.05) is 37.6 Å². The van der Waals surface area contributed by atoms with Crippen LogP contribution in [0, 0.1) is 6.92 Å². The monoisotopic (exact) mass is 391 g/mol. The number of nitrogens with zero attached hydrogens (tertiary/aromatic N) is 2. The molecule has 0 atom stereocenters. The highest BCUT2D eigenvalue weighted by Crippen LogP contribution is 2.24. The molecule has 2 aromatic carbocycles. The fraction of sp³-hybridized carbons (Fsp3) is 0.350. The maximum absolute atomic E-state index is 12.3. The second-order valence-corrected chi connectivity index (χ2v) is 7.36. The van der Waals surface area contributed by atoms with Crippen molar-refractivity contribution in [2.24, 2.45) is 0 Å². The molecule has 2 aromatic rings. The number of rotatable bonds is 4. The lowest BCUT2D eigenvalue weighted by Crippen LogP contribution is -2.52. The Hall–Kier alpha value is -1.91. The smallest absolute Gasteiger partial charge is 0.317 e. The molecule has 1 aliphatic rings. The van der Waals surface area contributed by atoms with Crippen LogP contribution in [-0.4, -0.2) is 43.7 Å². The molecule has 0 bridgehead atoms. The molecule has 4 nitrogen and oxygen atoms in total. The van der Waals surface area contributed by atoms with Crippen LogP contribution < -0.4 is 10.2 Å². The molecule has 0 spiro atoms. The molecular weight excluding hydrogens is 369 g/mol. The number of carbonyl (C=O) groups is 1. The quantitative estimate of drug-likeness (QED) is 0.839. The maximum Gasteiger partial charge on any atom is 0.317 e. The summed E-state index contributed by atoms with van der Waals surface area (Å²) >= 11 is 12.1.